The van der Waals surface area contributed by atoms with Crippen molar-refractivity contribution < 1.29 is 14.5 Å². The van der Waals surface area contributed by atoms with E-state index in [1.807, 2.05) is 38.1 Å². The van der Waals surface area contributed by atoms with Gasteiger partial charge in [0, 0.05) is 6.07 Å². The van der Waals surface area contributed by atoms with E-state index >= 15 is 0 Å². The van der Waals surface area contributed by atoms with Crippen LogP contribution >= 0.6 is 0 Å². The first kappa shape index (κ1) is 13.1. The number of aromatic nitrogens is 1. The van der Waals surface area contributed by atoms with Crippen LogP contribution < -0.4 is 15.0 Å². The summed E-state index contributed by atoms with van der Waals surface area (Å²) < 4.78 is 5.18. The Kier molecular flexibility index (Phi) is 3.80. The predicted molar refractivity (Wildman–Crippen MR) is 73.4 cm³/mol. The highest BCUT2D eigenvalue weighted by molar-refractivity contribution is 6.05. The molecule has 4 heteroatoms. The van der Waals surface area contributed by atoms with Crippen molar-refractivity contribution in [3.8, 4) is 5.75 Å². The third-order valence-corrected chi connectivity index (χ3v) is 2.75. The first-order chi connectivity index (χ1) is 9.10. The van der Waals surface area contributed by atoms with E-state index in [4.69, 9.17) is 4.74 Å². The molecule has 4 nitrogen and oxygen atoms in total. The minimum absolute atomic E-state index is 0.196. The van der Waals surface area contributed by atoms with Gasteiger partial charge in [-0.1, -0.05) is 12.1 Å². The standard InChI is InChI=1S/C15H16N2O2/c1-10-8-11(2)16-14(9-10)17-15(18)12-6-4-5-7-13(12)19-3/h4-9H,1-3H3,(H,16,17,18)/p+1. The molecular weight excluding hydrogens is 240 g/mol. The van der Waals surface area contributed by atoms with Gasteiger partial charge in [0.2, 0.25) is 0 Å². The molecule has 0 radical (unpaired) electrons. The molecule has 2 aromatic rings. The highest BCUT2D eigenvalue weighted by Gasteiger charge is 2.17. The number of pyridine rings is 1. The van der Waals surface area contributed by atoms with Gasteiger partial charge in [-0.2, -0.15) is 0 Å². The fourth-order valence-electron chi connectivity index (χ4n) is 1.98. The lowest BCUT2D eigenvalue weighted by Gasteiger charge is -2.05. The summed E-state index contributed by atoms with van der Waals surface area (Å²) in [6.45, 7) is 3.94. The molecule has 1 heterocycles. The number of methoxy groups -OCH3 is 1. The van der Waals surface area contributed by atoms with E-state index in [0.29, 0.717) is 17.1 Å². The number of aromatic amines is 1. The molecule has 1 amide bonds. The van der Waals surface area contributed by atoms with Crippen LogP contribution in [0.2, 0.25) is 0 Å². The van der Waals surface area contributed by atoms with Crippen molar-refractivity contribution in [1.82, 2.24) is 0 Å². The Morgan fingerprint density at radius 3 is 2.63 bits per heavy atom. The van der Waals surface area contributed by atoms with Crippen molar-refractivity contribution in [3.63, 3.8) is 0 Å². The molecule has 0 fully saturated rings. The van der Waals surface area contributed by atoms with Crippen LogP contribution in [-0.4, -0.2) is 13.0 Å². The fourth-order valence-corrected chi connectivity index (χ4v) is 1.98. The molecule has 2 N–H and O–H groups in total. The average Bonchev–Trinajstić information content (AvgIpc) is 2.37. The van der Waals surface area contributed by atoms with E-state index in [2.05, 4.69) is 10.3 Å². The van der Waals surface area contributed by atoms with Crippen LogP contribution in [0.25, 0.3) is 0 Å². The zero-order valence-corrected chi connectivity index (χ0v) is 11.3. The number of aryl methyl sites for hydroxylation is 2. The van der Waals surface area contributed by atoms with Crippen LogP contribution in [0.5, 0.6) is 5.75 Å². The van der Waals surface area contributed by atoms with Gasteiger partial charge in [0.15, 0.2) is 0 Å². The molecule has 1 aromatic carbocycles. The van der Waals surface area contributed by atoms with Gasteiger partial charge in [-0.3, -0.25) is 0 Å². The topological polar surface area (TPSA) is 52.5 Å². The molecule has 0 bridgehead atoms. The molecule has 0 aliphatic rings. The van der Waals surface area contributed by atoms with Crippen molar-refractivity contribution in [2.24, 2.45) is 0 Å². The lowest BCUT2D eigenvalue weighted by Crippen LogP contribution is -2.21. The number of rotatable bonds is 3. The number of benzene rings is 1. The molecule has 0 atom stereocenters. The summed E-state index contributed by atoms with van der Waals surface area (Å²) in [5, 5.41) is 2.84. The highest BCUT2D eigenvalue weighted by atomic mass is 16.5. The lowest BCUT2D eigenvalue weighted by atomic mass is 10.2. The summed E-state index contributed by atoms with van der Waals surface area (Å²) in [4.78, 5) is 15.3. The van der Waals surface area contributed by atoms with Gasteiger partial charge in [0.1, 0.15) is 11.3 Å². The second-order valence-electron chi connectivity index (χ2n) is 4.41. The molecule has 0 unspecified atom stereocenters. The lowest BCUT2D eigenvalue weighted by molar-refractivity contribution is -0.370. The predicted octanol–water partition coefficient (Wildman–Crippen LogP) is 2.38. The number of H-pyrrole nitrogens is 1. The number of amides is 1. The summed E-state index contributed by atoms with van der Waals surface area (Å²) >= 11 is 0. The van der Waals surface area contributed by atoms with Crippen LogP contribution in [0, 0.1) is 13.8 Å². The van der Waals surface area contributed by atoms with E-state index in [-0.39, 0.29) is 5.91 Å². The Hall–Kier alpha value is -2.36. The summed E-state index contributed by atoms with van der Waals surface area (Å²) in [6, 6.07) is 11.0. The third-order valence-electron chi connectivity index (χ3n) is 2.75. The third kappa shape index (κ3) is 3.10. The normalized spacial score (nSPS) is 10.1. The Bertz CT molecular complexity index is 589. The van der Waals surface area contributed by atoms with Crippen LogP contribution in [0.4, 0.5) is 5.82 Å². The van der Waals surface area contributed by atoms with Crippen molar-refractivity contribution in [3.05, 3.63) is 53.2 Å². The minimum Gasteiger partial charge on any atom is -0.496 e. The Labute approximate surface area is 112 Å². The van der Waals surface area contributed by atoms with Crippen LogP contribution in [0.15, 0.2) is 36.4 Å². The molecule has 2 rings (SSSR count). The molecule has 0 saturated carbocycles. The second-order valence-corrected chi connectivity index (χ2v) is 4.41. The number of carbonyl (C=O) groups excluding carboxylic acids is 1. The molecule has 19 heavy (non-hydrogen) atoms. The maximum Gasteiger partial charge on any atom is 0.342 e. The van der Waals surface area contributed by atoms with Gasteiger partial charge in [0.25, 0.3) is 5.82 Å². The van der Waals surface area contributed by atoms with E-state index in [0.717, 1.165) is 11.3 Å². The first-order valence-electron chi connectivity index (χ1n) is 6.05. The van der Waals surface area contributed by atoms with E-state index in [9.17, 15) is 4.79 Å². The number of para-hydroxylation sites is 1. The number of ether oxygens (including phenoxy) is 1. The van der Waals surface area contributed by atoms with Gasteiger partial charge in [-0.25, -0.2) is 15.1 Å². The van der Waals surface area contributed by atoms with Crippen molar-refractivity contribution in [1.29, 1.82) is 0 Å². The summed E-state index contributed by atoms with van der Waals surface area (Å²) in [5.74, 6) is 1.04. The maximum atomic E-state index is 12.2. The molecule has 0 aliphatic carbocycles. The molecule has 0 saturated heterocycles. The Balaban J connectivity index is 2.25. The Morgan fingerprint density at radius 1 is 1.21 bits per heavy atom. The molecule has 0 aliphatic heterocycles. The van der Waals surface area contributed by atoms with E-state index in [1.165, 1.54) is 0 Å². The molecule has 98 valence electrons. The minimum atomic E-state index is -0.196. The Morgan fingerprint density at radius 2 is 1.95 bits per heavy atom. The molecular formula is C15H17N2O2+. The number of nitrogens with one attached hydrogen (secondary N) is 2. The zero-order chi connectivity index (χ0) is 13.8. The van der Waals surface area contributed by atoms with Gasteiger partial charge < -0.3 is 4.74 Å². The smallest absolute Gasteiger partial charge is 0.342 e. The SMILES string of the molecule is COc1ccccc1C(=O)Nc1cc(C)cc(C)[nH+]1. The summed E-state index contributed by atoms with van der Waals surface area (Å²) in [5.41, 5.74) is 2.60. The largest absolute Gasteiger partial charge is 0.496 e. The van der Waals surface area contributed by atoms with Gasteiger partial charge in [-0.05, 0) is 37.6 Å². The fraction of sp³-hybridized carbons (Fsp3) is 0.200. The molecule has 1 aromatic heterocycles. The van der Waals surface area contributed by atoms with Crippen molar-refractivity contribution in [2.45, 2.75) is 13.8 Å². The van der Waals surface area contributed by atoms with Gasteiger partial charge in [0.05, 0.1) is 12.8 Å². The van der Waals surface area contributed by atoms with Crippen LogP contribution in [0.3, 0.4) is 0 Å². The monoisotopic (exact) mass is 257 g/mol. The second kappa shape index (κ2) is 5.52. The van der Waals surface area contributed by atoms with E-state index in [1.54, 1.807) is 19.2 Å². The van der Waals surface area contributed by atoms with Crippen LogP contribution in [-0.2, 0) is 0 Å². The zero-order valence-electron chi connectivity index (χ0n) is 11.3. The van der Waals surface area contributed by atoms with Gasteiger partial charge >= 0.3 is 5.91 Å². The highest BCUT2D eigenvalue weighted by Crippen LogP contribution is 2.18. The number of anilines is 1. The average molecular weight is 257 g/mol. The number of carbonyl (C=O) groups is 1. The first-order valence-corrected chi connectivity index (χ1v) is 6.05. The number of hydrogen-bond donors (Lipinski definition) is 1. The number of hydrogen-bond acceptors (Lipinski definition) is 2. The molecule has 0 spiro atoms. The summed E-state index contributed by atoms with van der Waals surface area (Å²) in [7, 11) is 1.55. The maximum absolute atomic E-state index is 12.2. The van der Waals surface area contributed by atoms with Crippen molar-refractivity contribution >= 4 is 11.7 Å². The quantitative estimate of drug-likeness (QED) is 0.917. The van der Waals surface area contributed by atoms with Crippen molar-refractivity contribution in [2.75, 3.05) is 12.4 Å². The summed E-state index contributed by atoms with van der Waals surface area (Å²) in [6.07, 6.45) is 0. The van der Waals surface area contributed by atoms with E-state index < -0.39 is 0 Å². The van der Waals surface area contributed by atoms with Crippen LogP contribution in [0.1, 0.15) is 21.6 Å². The van der Waals surface area contributed by atoms with Gasteiger partial charge in [-0.15, -0.1) is 0 Å².